The summed E-state index contributed by atoms with van der Waals surface area (Å²) < 4.78 is 13.7. The van der Waals surface area contributed by atoms with Gasteiger partial charge in [0, 0.05) is 68.9 Å². The molecule has 0 nitrogen and oxygen atoms in total. The SMILES string of the molecule is Brc1cc2cc3c(cc2s1)sc1cc2sc(Br)cc2cc13.CCCCCCCCCCc1cc2cc3c(cc2s1)sc1cc2sc(CCCCCCCCCC)cc2cc13.[Br-].[CH2-]CCCCCCCCC.[CH2-]CCCCCCCCC.[Mg+2].[Zn+][Br]. The van der Waals surface area contributed by atoms with Gasteiger partial charge >= 0.3 is 53.0 Å². The zero-order chi connectivity index (χ0) is 58.3. The fourth-order valence-electron chi connectivity index (χ4n) is 11.1. The molecular formula is C72H96Br4MgS6Zn. The minimum absolute atomic E-state index is 0. The zero-order valence-electron chi connectivity index (χ0n) is 51.8. The number of hydrogen-bond acceptors (Lipinski definition) is 6. The number of halogens is 4. The molecule has 452 valence electrons. The first-order valence-corrected chi connectivity index (χ1v) is 45.5. The number of rotatable bonds is 32. The van der Waals surface area contributed by atoms with Crippen LogP contribution in [0.25, 0.3) is 80.7 Å². The Morgan fingerprint density at radius 2 is 0.536 bits per heavy atom. The van der Waals surface area contributed by atoms with E-state index in [1.54, 1.807) is 32.4 Å². The van der Waals surface area contributed by atoms with E-state index in [4.69, 9.17) is 0 Å². The van der Waals surface area contributed by atoms with E-state index in [2.05, 4.69) is 160 Å². The van der Waals surface area contributed by atoms with Gasteiger partial charge in [0.2, 0.25) is 0 Å². The molecule has 10 rings (SSSR count). The quantitative estimate of drug-likeness (QED) is 0.0224. The van der Waals surface area contributed by atoms with Gasteiger partial charge in [-0.05, 0) is 152 Å². The number of unbranched alkanes of at least 4 members (excludes halogenated alkanes) is 28. The van der Waals surface area contributed by atoms with Gasteiger partial charge in [-0.25, -0.2) is 0 Å². The van der Waals surface area contributed by atoms with Crippen LogP contribution in [0.3, 0.4) is 0 Å². The van der Waals surface area contributed by atoms with Crippen molar-refractivity contribution in [2.75, 3.05) is 0 Å². The minimum atomic E-state index is 0. The first-order chi connectivity index (χ1) is 40.2. The Morgan fingerprint density at radius 1 is 0.298 bits per heavy atom. The Bertz CT molecular complexity index is 3110. The van der Waals surface area contributed by atoms with Crippen LogP contribution in [0.4, 0.5) is 0 Å². The van der Waals surface area contributed by atoms with Crippen molar-refractivity contribution in [1.82, 2.24) is 0 Å². The Kier molecular flexibility index (Phi) is 41.1. The monoisotopic (exact) mass is 1560 g/mol. The standard InChI is InChI=1S/C36H48S3.C16H6Br2S3.2C10H21.2BrH.Mg.Zn/c1-3-5-7-9-11-13-15-17-19-29-21-27-23-31-32-24-28-22-30(20-18-16-14-12-10-8-6-4-2)38-34(28)26-36(32)39-35(31)25-33(27)37-29;17-15-3-7-1-9-10-2-8-4-16(18)21-12(8)6-14(10)19-13(9)5-11(7)20-15;2*1-3-5-7-9-10-8-6-4-2;;;;/h21-26H,3-20H2,1-2H3;1-6H;2*1,3-10H2,2H3;2*1H;;/q;;2*-1;;;2*+2/p-2. The van der Waals surface area contributed by atoms with Crippen molar-refractivity contribution >= 4 is 217 Å². The molecule has 0 saturated carbocycles. The molecule has 4 aromatic carbocycles. The van der Waals surface area contributed by atoms with Crippen molar-refractivity contribution in [3.8, 4) is 0 Å². The van der Waals surface area contributed by atoms with Crippen molar-refractivity contribution in [3.05, 3.63) is 104 Å². The fraction of sp³-hybridized carbons (Fsp3) is 0.528. The summed E-state index contributed by atoms with van der Waals surface area (Å²) in [7, 11) is 0. The fourth-order valence-corrected chi connectivity index (χ4v) is 19.1. The van der Waals surface area contributed by atoms with E-state index in [1.165, 1.54) is 310 Å². The van der Waals surface area contributed by atoms with Gasteiger partial charge in [0.25, 0.3) is 0 Å². The molecule has 6 heterocycles. The van der Waals surface area contributed by atoms with E-state index in [0.29, 0.717) is 0 Å². The molecule has 0 aliphatic heterocycles. The first kappa shape index (κ1) is 76.9. The number of aryl methyl sites for hydroxylation is 2. The van der Waals surface area contributed by atoms with Crippen LogP contribution in [-0.2, 0) is 29.2 Å². The molecule has 84 heavy (non-hydrogen) atoms. The summed E-state index contributed by atoms with van der Waals surface area (Å²) in [5.41, 5.74) is 0. The molecule has 0 amide bonds. The molecule has 0 aliphatic carbocycles. The molecule has 0 radical (unpaired) electrons. The number of hydrogen-bond donors (Lipinski definition) is 0. The van der Waals surface area contributed by atoms with Crippen molar-refractivity contribution in [1.29, 1.82) is 0 Å². The molecule has 0 atom stereocenters. The summed E-state index contributed by atoms with van der Waals surface area (Å²) >= 11 is 23.0. The van der Waals surface area contributed by atoms with Crippen molar-refractivity contribution in [2.24, 2.45) is 0 Å². The molecule has 0 N–H and O–H groups in total. The molecule has 0 spiro atoms. The van der Waals surface area contributed by atoms with E-state index in [0.717, 1.165) is 12.8 Å². The third kappa shape index (κ3) is 25.5. The van der Waals surface area contributed by atoms with Crippen LogP contribution in [0.15, 0.2) is 80.4 Å². The van der Waals surface area contributed by atoms with E-state index >= 15 is 0 Å². The topological polar surface area (TPSA) is 0 Å². The van der Waals surface area contributed by atoms with E-state index in [-0.39, 0.29) is 40.0 Å². The molecule has 0 saturated heterocycles. The first-order valence-electron chi connectivity index (χ1n) is 32.1. The Labute approximate surface area is 593 Å². The summed E-state index contributed by atoms with van der Waals surface area (Å²) in [5, 5.41) is 11.2. The molecule has 0 fully saturated rings. The van der Waals surface area contributed by atoms with Crippen molar-refractivity contribution < 1.29 is 33.3 Å². The number of fused-ring (bicyclic) bond motifs is 10. The van der Waals surface area contributed by atoms with Crippen molar-refractivity contribution in [2.45, 2.75) is 246 Å². The van der Waals surface area contributed by atoms with Gasteiger partial charge in [-0.15, -0.1) is 68.0 Å². The Hall–Kier alpha value is 0.470. The van der Waals surface area contributed by atoms with Gasteiger partial charge in [0.1, 0.15) is 0 Å². The average molecular weight is 1560 g/mol. The zero-order valence-corrected chi connectivity index (χ0v) is 67.4. The van der Waals surface area contributed by atoms with Gasteiger partial charge in [-0.1, -0.05) is 207 Å². The van der Waals surface area contributed by atoms with Gasteiger partial charge < -0.3 is 30.8 Å². The van der Waals surface area contributed by atoms with Gasteiger partial charge in [0.15, 0.2) is 0 Å². The van der Waals surface area contributed by atoms with Crippen LogP contribution in [-0.4, -0.2) is 23.1 Å². The third-order valence-corrected chi connectivity index (χ3v) is 23.5. The maximum absolute atomic E-state index is 3.82. The van der Waals surface area contributed by atoms with Gasteiger partial charge in [-0.2, -0.15) is 12.8 Å². The molecule has 0 unspecified atom stereocenters. The molecular weight excluding hydrogens is 1470 g/mol. The second-order valence-corrected chi connectivity index (χ2v) is 32.1. The maximum atomic E-state index is 3.82. The van der Waals surface area contributed by atoms with E-state index in [9.17, 15) is 0 Å². The predicted octanol–water partition coefficient (Wildman–Crippen LogP) is 27.2. The van der Waals surface area contributed by atoms with Crippen LogP contribution < -0.4 is 17.0 Å². The summed E-state index contributed by atoms with van der Waals surface area (Å²) in [6, 6.07) is 28.6. The Morgan fingerprint density at radius 3 is 0.810 bits per heavy atom. The molecule has 12 heteroatoms. The Balaban J connectivity index is 0.000000280. The van der Waals surface area contributed by atoms with Crippen LogP contribution >= 0.6 is 114 Å². The summed E-state index contributed by atoms with van der Waals surface area (Å²) in [5.74, 6) is 0. The molecule has 0 aliphatic rings. The molecule has 10 aromatic rings. The third-order valence-electron chi connectivity index (χ3n) is 15.8. The molecule has 6 aromatic heterocycles. The molecule has 0 bridgehead atoms. The summed E-state index contributed by atoms with van der Waals surface area (Å²) in [6.07, 6.45) is 46.7. The van der Waals surface area contributed by atoms with E-state index in [1.807, 2.05) is 45.3 Å². The second-order valence-electron chi connectivity index (χ2n) is 22.7. The summed E-state index contributed by atoms with van der Waals surface area (Å²) in [6.45, 7) is 16.8. The number of thiophene rings is 6. The van der Waals surface area contributed by atoms with Gasteiger partial charge in [0.05, 0.1) is 7.57 Å². The summed E-state index contributed by atoms with van der Waals surface area (Å²) in [4.78, 5) is 3.15. The average Bonchev–Trinajstić information content (AvgIpc) is 2.55. The van der Waals surface area contributed by atoms with Crippen LogP contribution in [0.5, 0.6) is 0 Å². The van der Waals surface area contributed by atoms with E-state index < -0.39 is 0 Å². The number of benzene rings is 4. The normalized spacial score (nSPS) is 11.2. The van der Waals surface area contributed by atoms with Crippen LogP contribution in [0.1, 0.15) is 243 Å². The van der Waals surface area contributed by atoms with Crippen LogP contribution in [0, 0.1) is 13.8 Å². The van der Waals surface area contributed by atoms with Crippen molar-refractivity contribution in [3.63, 3.8) is 0 Å². The van der Waals surface area contributed by atoms with Crippen LogP contribution in [0.2, 0.25) is 0 Å². The predicted molar refractivity (Wildman–Crippen MR) is 399 cm³/mol. The second kappa shape index (κ2) is 44.9. The van der Waals surface area contributed by atoms with Gasteiger partial charge in [-0.3, -0.25) is 0 Å².